The molecule has 3 aromatic rings. The molecule has 0 radical (unpaired) electrons. The van der Waals surface area contributed by atoms with Crippen LogP contribution in [0.4, 0.5) is 11.4 Å². The van der Waals surface area contributed by atoms with Crippen LogP contribution < -0.4 is 19.1 Å². The summed E-state index contributed by atoms with van der Waals surface area (Å²) in [5.74, 6) is 0.120. The van der Waals surface area contributed by atoms with Gasteiger partial charge in [-0.2, -0.15) is 0 Å². The minimum Gasteiger partial charge on any atom is -0.497 e. The summed E-state index contributed by atoms with van der Waals surface area (Å²) >= 11 is 11.9. The molecule has 0 saturated carbocycles. The second-order valence-corrected chi connectivity index (χ2v) is 9.22. The van der Waals surface area contributed by atoms with Crippen molar-refractivity contribution in [2.45, 2.75) is 4.90 Å². The predicted octanol–water partition coefficient (Wildman–Crippen LogP) is 4.84. The van der Waals surface area contributed by atoms with Crippen LogP contribution in [0.5, 0.6) is 11.5 Å². The number of carbonyl (C=O) groups excluding carboxylic acids is 1. The zero-order valence-electron chi connectivity index (χ0n) is 17.2. The highest BCUT2D eigenvalue weighted by atomic mass is 35.5. The quantitative estimate of drug-likeness (QED) is 0.483. The van der Waals surface area contributed by atoms with Gasteiger partial charge in [0.05, 0.1) is 34.8 Å². The number of rotatable bonds is 8. The van der Waals surface area contributed by atoms with Crippen molar-refractivity contribution in [3.05, 3.63) is 76.8 Å². The molecule has 0 aromatic heterocycles. The van der Waals surface area contributed by atoms with Crippen molar-refractivity contribution in [3.63, 3.8) is 0 Å². The third kappa shape index (κ3) is 5.27. The molecule has 0 unspecified atom stereocenters. The summed E-state index contributed by atoms with van der Waals surface area (Å²) in [4.78, 5) is 12.9. The molecule has 7 nitrogen and oxygen atoms in total. The number of hydrogen-bond acceptors (Lipinski definition) is 5. The molecule has 0 aliphatic carbocycles. The number of halogens is 2. The number of amides is 1. The van der Waals surface area contributed by atoms with Crippen molar-refractivity contribution in [1.82, 2.24) is 0 Å². The number of carbonyl (C=O) groups is 1. The fraction of sp³-hybridized carbons (Fsp3) is 0.136. The first kappa shape index (κ1) is 23.7. The minimum absolute atomic E-state index is 0.0280. The van der Waals surface area contributed by atoms with Gasteiger partial charge in [0.2, 0.25) is 5.91 Å². The molecule has 3 rings (SSSR count). The maximum Gasteiger partial charge on any atom is 0.264 e. The van der Waals surface area contributed by atoms with E-state index < -0.39 is 22.5 Å². The van der Waals surface area contributed by atoms with E-state index in [9.17, 15) is 13.2 Å². The number of sulfonamides is 1. The van der Waals surface area contributed by atoms with Gasteiger partial charge in [-0.25, -0.2) is 8.42 Å². The molecule has 10 heteroatoms. The molecule has 3 aromatic carbocycles. The molecule has 0 aliphatic heterocycles. The number of benzene rings is 3. The third-order valence-electron chi connectivity index (χ3n) is 4.48. The summed E-state index contributed by atoms with van der Waals surface area (Å²) in [6, 6.07) is 17.0. The number of anilines is 2. The lowest BCUT2D eigenvalue weighted by atomic mass is 10.2. The molecule has 0 fully saturated rings. The predicted molar refractivity (Wildman–Crippen MR) is 126 cm³/mol. The topological polar surface area (TPSA) is 84.9 Å². The van der Waals surface area contributed by atoms with Crippen molar-refractivity contribution < 1.29 is 22.7 Å². The molecule has 168 valence electrons. The molecule has 1 amide bonds. The van der Waals surface area contributed by atoms with Gasteiger partial charge in [0.15, 0.2) is 0 Å². The Kier molecular flexibility index (Phi) is 7.50. The molecule has 0 heterocycles. The highest BCUT2D eigenvalue weighted by Gasteiger charge is 2.29. The van der Waals surface area contributed by atoms with E-state index in [1.54, 1.807) is 36.4 Å². The minimum atomic E-state index is -4.10. The van der Waals surface area contributed by atoms with Crippen molar-refractivity contribution in [2.75, 3.05) is 30.4 Å². The van der Waals surface area contributed by atoms with Crippen LogP contribution in [0.2, 0.25) is 10.0 Å². The van der Waals surface area contributed by atoms with Gasteiger partial charge in [0.25, 0.3) is 10.0 Å². The van der Waals surface area contributed by atoms with E-state index in [4.69, 9.17) is 32.7 Å². The Morgan fingerprint density at radius 2 is 1.66 bits per heavy atom. The number of nitrogens with one attached hydrogen (secondary N) is 1. The maximum atomic E-state index is 13.5. The first-order valence-corrected chi connectivity index (χ1v) is 11.5. The van der Waals surface area contributed by atoms with Crippen molar-refractivity contribution in [3.8, 4) is 11.5 Å². The number of ether oxygens (including phenoxy) is 2. The van der Waals surface area contributed by atoms with Crippen LogP contribution in [0.1, 0.15) is 0 Å². The van der Waals surface area contributed by atoms with Gasteiger partial charge in [-0.05, 0) is 42.5 Å². The average Bonchev–Trinajstić information content (AvgIpc) is 2.80. The smallest absolute Gasteiger partial charge is 0.264 e. The van der Waals surface area contributed by atoms with Crippen LogP contribution >= 0.6 is 23.2 Å². The Labute approximate surface area is 196 Å². The summed E-state index contributed by atoms with van der Waals surface area (Å²) in [5.41, 5.74) is 0.560. The molecule has 0 bridgehead atoms. The van der Waals surface area contributed by atoms with Gasteiger partial charge in [-0.1, -0.05) is 41.4 Å². The first-order valence-electron chi connectivity index (χ1n) is 9.31. The fourth-order valence-electron chi connectivity index (χ4n) is 2.92. The van der Waals surface area contributed by atoms with E-state index in [1.165, 1.54) is 44.6 Å². The van der Waals surface area contributed by atoms with Crippen LogP contribution in [0, 0.1) is 0 Å². The van der Waals surface area contributed by atoms with Crippen LogP contribution in [-0.4, -0.2) is 35.1 Å². The van der Waals surface area contributed by atoms with Gasteiger partial charge in [0, 0.05) is 11.8 Å². The van der Waals surface area contributed by atoms with Crippen LogP contribution in [-0.2, 0) is 14.8 Å². The molecular weight excluding hydrogens is 475 g/mol. The van der Waals surface area contributed by atoms with Crippen LogP contribution in [0.3, 0.4) is 0 Å². The van der Waals surface area contributed by atoms with Gasteiger partial charge in [-0.15, -0.1) is 0 Å². The maximum absolute atomic E-state index is 13.5. The largest absolute Gasteiger partial charge is 0.497 e. The monoisotopic (exact) mass is 494 g/mol. The summed E-state index contributed by atoms with van der Waals surface area (Å²) in [6.07, 6.45) is 0. The summed E-state index contributed by atoms with van der Waals surface area (Å²) < 4.78 is 38.5. The lowest BCUT2D eigenvalue weighted by molar-refractivity contribution is -0.114. The van der Waals surface area contributed by atoms with Gasteiger partial charge < -0.3 is 14.8 Å². The zero-order valence-corrected chi connectivity index (χ0v) is 19.5. The van der Waals surface area contributed by atoms with Crippen molar-refractivity contribution in [1.29, 1.82) is 0 Å². The average molecular weight is 495 g/mol. The van der Waals surface area contributed by atoms with Gasteiger partial charge in [-0.3, -0.25) is 9.10 Å². The summed E-state index contributed by atoms with van der Waals surface area (Å²) in [5, 5.41) is 3.23. The Balaban J connectivity index is 2.01. The Bertz CT molecular complexity index is 1220. The van der Waals surface area contributed by atoms with E-state index in [1.807, 2.05) is 0 Å². The molecule has 0 saturated heterocycles. The Morgan fingerprint density at radius 1 is 0.938 bits per heavy atom. The fourth-order valence-corrected chi connectivity index (χ4v) is 4.67. The Hall–Kier alpha value is -2.94. The van der Waals surface area contributed by atoms with E-state index in [2.05, 4.69) is 5.32 Å². The molecular formula is C22H20Cl2N2O5S. The highest BCUT2D eigenvalue weighted by molar-refractivity contribution is 7.92. The van der Waals surface area contributed by atoms with E-state index >= 15 is 0 Å². The SMILES string of the molecule is COc1ccc(N(CC(=O)Nc2ccc(Cl)c(Cl)c2)S(=O)(=O)c2ccccc2)c(OC)c1. The lowest BCUT2D eigenvalue weighted by Gasteiger charge is -2.26. The Morgan fingerprint density at radius 3 is 2.28 bits per heavy atom. The van der Waals surface area contributed by atoms with Crippen molar-refractivity contribution in [2.24, 2.45) is 0 Å². The lowest BCUT2D eigenvalue weighted by Crippen LogP contribution is -2.38. The zero-order chi connectivity index (χ0) is 23.3. The number of methoxy groups -OCH3 is 2. The van der Waals surface area contributed by atoms with Crippen molar-refractivity contribution >= 4 is 50.5 Å². The van der Waals surface area contributed by atoms with E-state index in [0.717, 1.165) is 4.31 Å². The molecule has 0 aliphatic rings. The first-order chi connectivity index (χ1) is 15.3. The van der Waals surface area contributed by atoms with Crippen LogP contribution in [0.15, 0.2) is 71.6 Å². The molecule has 1 N–H and O–H groups in total. The van der Waals surface area contributed by atoms with E-state index in [0.29, 0.717) is 16.5 Å². The molecule has 0 spiro atoms. The number of hydrogen-bond donors (Lipinski definition) is 1. The summed E-state index contributed by atoms with van der Waals surface area (Å²) in [6.45, 7) is -0.514. The normalized spacial score (nSPS) is 11.0. The molecule has 32 heavy (non-hydrogen) atoms. The summed E-state index contributed by atoms with van der Waals surface area (Å²) in [7, 11) is -1.22. The van der Waals surface area contributed by atoms with Gasteiger partial charge >= 0.3 is 0 Å². The third-order valence-corrected chi connectivity index (χ3v) is 6.99. The second-order valence-electron chi connectivity index (χ2n) is 6.54. The molecule has 0 atom stereocenters. The number of nitrogens with zero attached hydrogens (tertiary/aromatic N) is 1. The van der Waals surface area contributed by atoms with Crippen LogP contribution in [0.25, 0.3) is 0 Å². The standard InChI is InChI=1S/C22H20Cl2N2O5S/c1-30-16-9-11-20(21(13-16)31-2)26(32(28,29)17-6-4-3-5-7-17)14-22(27)25-15-8-10-18(23)19(24)12-15/h3-13H,14H2,1-2H3,(H,25,27). The van der Waals surface area contributed by atoms with E-state index in [-0.39, 0.29) is 21.4 Å². The second kappa shape index (κ2) is 10.1. The highest BCUT2D eigenvalue weighted by Crippen LogP contribution is 2.35. The van der Waals surface area contributed by atoms with Gasteiger partial charge in [0.1, 0.15) is 18.0 Å².